The molecule has 1 fully saturated rings. The number of likely N-dealkylation sites (tertiary alicyclic amines) is 1. The highest BCUT2D eigenvalue weighted by molar-refractivity contribution is 6.35. The summed E-state index contributed by atoms with van der Waals surface area (Å²) >= 11 is 12.5. The number of halogens is 2. The Labute approximate surface area is 199 Å². The summed E-state index contributed by atoms with van der Waals surface area (Å²) < 4.78 is 0. The fraction of sp³-hybridized carbons (Fsp3) is 0.318. The topological polar surface area (TPSA) is 126 Å². The fourth-order valence-corrected chi connectivity index (χ4v) is 4.61. The van der Waals surface area contributed by atoms with E-state index in [-0.39, 0.29) is 18.0 Å². The lowest BCUT2D eigenvalue weighted by atomic mass is 10.1. The van der Waals surface area contributed by atoms with Gasteiger partial charge in [-0.2, -0.15) is 0 Å². The average molecular weight is 485 g/mol. The molecule has 3 aromatic heterocycles. The Morgan fingerprint density at radius 1 is 1.30 bits per heavy atom. The Hall–Kier alpha value is -3.01. The van der Waals surface area contributed by atoms with Gasteiger partial charge < -0.3 is 20.9 Å². The second-order valence-corrected chi connectivity index (χ2v) is 8.89. The van der Waals surface area contributed by atoms with Crippen LogP contribution in [-0.4, -0.2) is 54.9 Å². The number of amides is 1. The first-order valence-corrected chi connectivity index (χ1v) is 11.4. The molecule has 11 heteroatoms. The summed E-state index contributed by atoms with van der Waals surface area (Å²) in [7, 11) is 0. The number of carbonyl (C=O) groups is 1. The summed E-state index contributed by atoms with van der Waals surface area (Å²) in [5.74, 6) is 1.15. The molecule has 5 rings (SSSR count). The Bertz CT molecular complexity index is 1360. The van der Waals surface area contributed by atoms with Crippen LogP contribution in [0.25, 0.3) is 22.1 Å². The van der Waals surface area contributed by atoms with Crippen LogP contribution in [0.5, 0.6) is 0 Å². The van der Waals surface area contributed by atoms with Crippen LogP contribution in [-0.2, 0) is 0 Å². The van der Waals surface area contributed by atoms with E-state index in [1.54, 1.807) is 23.1 Å². The van der Waals surface area contributed by atoms with Crippen molar-refractivity contribution in [1.82, 2.24) is 29.8 Å². The van der Waals surface area contributed by atoms with Crippen LogP contribution in [0.15, 0.2) is 30.6 Å². The standard InChI is InChI=1S/C22H22Cl2N8O/c1-11(19-29-16-4-5-18(24)30-21(16)31-19)28-20-14-7-15(23)13(8-17(14)26-10-27-20)22(33)32-6-2-3-12(32)9-25/h4-5,7-8,10-12H,2-3,6,9,25H2,1H3,(H,26,27,28)(H,29,30,31)/t11?,12-/m0/s1. The Morgan fingerprint density at radius 3 is 2.97 bits per heavy atom. The zero-order valence-corrected chi connectivity index (χ0v) is 19.4. The number of nitrogens with zero attached hydrogens (tertiary/aromatic N) is 5. The zero-order chi connectivity index (χ0) is 23.1. The zero-order valence-electron chi connectivity index (χ0n) is 17.8. The van der Waals surface area contributed by atoms with Crippen molar-refractivity contribution in [2.45, 2.75) is 31.8 Å². The third kappa shape index (κ3) is 4.07. The van der Waals surface area contributed by atoms with Crippen molar-refractivity contribution in [3.05, 3.63) is 52.2 Å². The lowest BCUT2D eigenvalue weighted by Gasteiger charge is -2.24. The van der Waals surface area contributed by atoms with Gasteiger partial charge in [0.05, 0.1) is 27.7 Å². The Kier molecular flexibility index (Phi) is 5.77. The van der Waals surface area contributed by atoms with Crippen molar-refractivity contribution in [1.29, 1.82) is 0 Å². The molecule has 0 saturated carbocycles. The monoisotopic (exact) mass is 484 g/mol. The maximum Gasteiger partial charge on any atom is 0.255 e. The van der Waals surface area contributed by atoms with Gasteiger partial charge >= 0.3 is 0 Å². The quantitative estimate of drug-likeness (QED) is 0.366. The molecule has 33 heavy (non-hydrogen) atoms. The number of rotatable bonds is 5. The van der Waals surface area contributed by atoms with E-state index >= 15 is 0 Å². The van der Waals surface area contributed by atoms with Gasteiger partial charge in [-0.15, -0.1) is 0 Å². The van der Waals surface area contributed by atoms with E-state index in [2.05, 4.69) is 30.2 Å². The van der Waals surface area contributed by atoms with Gasteiger partial charge in [-0.1, -0.05) is 23.2 Å². The molecule has 1 aliphatic rings. The van der Waals surface area contributed by atoms with Gasteiger partial charge in [0.25, 0.3) is 5.91 Å². The summed E-state index contributed by atoms with van der Waals surface area (Å²) in [6, 6.07) is 6.82. The first-order valence-electron chi connectivity index (χ1n) is 10.7. The summed E-state index contributed by atoms with van der Waals surface area (Å²) in [6.45, 7) is 3.07. The average Bonchev–Trinajstić information content (AvgIpc) is 3.45. The van der Waals surface area contributed by atoms with Crippen LogP contribution >= 0.6 is 23.2 Å². The third-order valence-corrected chi connectivity index (χ3v) is 6.48. The number of carbonyl (C=O) groups excluding carboxylic acids is 1. The molecular formula is C22H22Cl2N8O. The number of fused-ring (bicyclic) bond motifs is 2. The number of benzene rings is 1. The van der Waals surface area contributed by atoms with Gasteiger partial charge in [0, 0.05) is 24.5 Å². The van der Waals surface area contributed by atoms with Gasteiger partial charge in [-0.25, -0.2) is 19.9 Å². The minimum absolute atomic E-state index is 0.0425. The number of hydrogen-bond donors (Lipinski definition) is 3. The number of aromatic nitrogens is 5. The van der Waals surface area contributed by atoms with Crippen LogP contribution in [0.3, 0.4) is 0 Å². The molecule has 1 saturated heterocycles. The van der Waals surface area contributed by atoms with E-state index in [4.69, 9.17) is 28.9 Å². The van der Waals surface area contributed by atoms with Crippen molar-refractivity contribution in [3.8, 4) is 0 Å². The van der Waals surface area contributed by atoms with E-state index in [1.807, 2.05) is 13.0 Å². The number of nitrogens with two attached hydrogens (primary N) is 1. The first kappa shape index (κ1) is 21.8. The van der Waals surface area contributed by atoms with Crippen molar-refractivity contribution in [3.63, 3.8) is 0 Å². The maximum atomic E-state index is 13.1. The van der Waals surface area contributed by atoms with E-state index in [9.17, 15) is 4.79 Å². The van der Waals surface area contributed by atoms with E-state index in [1.165, 1.54) is 6.33 Å². The van der Waals surface area contributed by atoms with Crippen LogP contribution in [0.1, 0.15) is 42.0 Å². The van der Waals surface area contributed by atoms with Crippen LogP contribution < -0.4 is 11.1 Å². The lowest BCUT2D eigenvalue weighted by Crippen LogP contribution is -2.40. The molecule has 0 spiro atoms. The molecule has 1 unspecified atom stereocenters. The molecular weight excluding hydrogens is 463 g/mol. The minimum Gasteiger partial charge on any atom is -0.360 e. The third-order valence-electron chi connectivity index (χ3n) is 5.96. The van der Waals surface area contributed by atoms with Crippen molar-refractivity contribution < 1.29 is 4.79 Å². The second kappa shape index (κ2) is 8.74. The molecule has 4 heterocycles. The van der Waals surface area contributed by atoms with Gasteiger partial charge in [-0.3, -0.25) is 4.79 Å². The summed E-state index contributed by atoms with van der Waals surface area (Å²) in [5.41, 5.74) is 8.21. The molecule has 1 amide bonds. The number of H-pyrrole nitrogens is 1. The largest absolute Gasteiger partial charge is 0.360 e. The molecule has 4 N–H and O–H groups in total. The molecule has 170 valence electrons. The predicted molar refractivity (Wildman–Crippen MR) is 129 cm³/mol. The highest BCUT2D eigenvalue weighted by Gasteiger charge is 2.30. The van der Waals surface area contributed by atoms with Crippen molar-refractivity contribution in [2.24, 2.45) is 5.73 Å². The van der Waals surface area contributed by atoms with E-state index in [0.29, 0.717) is 57.0 Å². The highest BCUT2D eigenvalue weighted by atomic mass is 35.5. The molecule has 0 bridgehead atoms. The van der Waals surface area contributed by atoms with Crippen LogP contribution in [0, 0.1) is 0 Å². The number of hydrogen-bond acceptors (Lipinski definition) is 7. The minimum atomic E-state index is -0.217. The molecule has 1 aliphatic heterocycles. The smallest absolute Gasteiger partial charge is 0.255 e. The van der Waals surface area contributed by atoms with E-state index < -0.39 is 0 Å². The normalized spacial score (nSPS) is 17.1. The van der Waals surface area contributed by atoms with Crippen LogP contribution in [0.2, 0.25) is 10.2 Å². The second-order valence-electron chi connectivity index (χ2n) is 8.09. The molecule has 9 nitrogen and oxygen atoms in total. The number of anilines is 1. The van der Waals surface area contributed by atoms with Gasteiger partial charge in [0.15, 0.2) is 5.65 Å². The first-order chi connectivity index (χ1) is 15.9. The van der Waals surface area contributed by atoms with Crippen LogP contribution in [0.4, 0.5) is 5.82 Å². The Balaban J connectivity index is 1.45. The number of imidazole rings is 1. The number of nitrogens with one attached hydrogen (secondary N) is 2. The summed E-state index contributed by atoms with van der Waals surface area (Å²) in [5, 5.41) is 4.79. The van der Waals surface area contributed by atoms with Gasteiger partial charge in [0.2, 0.25) is 0 Å². The number of pyridine rings is 1. The Morgan fingerprint density at radius 2 is 2.15 bits per heavy atom. The SMILES string of the molecule is CC(Nc1ncnc2cc(C(=O)N3CCC[C@H]3CN)c(Cl)cc12)c1nc2nc(Cl)ccc2[nH]1. The van der Waals surface area contributed by atoms with Crippen molar-refractivity contribution in [2.75, 3.05) is 18.4 Å². The molecule has 0 radical (unpaired) electrons. The number of aromatic amines is 1. The molecule has 2 atom stereocenters. The maximum absolute atomic E-state index is 13.1. The fourth-order valence-electron chi connectivity index (χ4n) is 4.23. The molecule has 0 aliphatic carbocycles. The van der Waals surface area contributed by atoms with Gasteiger partial charge in [0.1, 0.15) is 23.1 Å². The predicted octanol–water partition coefficient (Wildman–Crippen LogP) is 3.94. The summed E-state index contributed by atoms with van der Waals surface area (Å²) in [4.78, 5) is 35.7. The lowest BCUT2D eigenvalue weighted by molar-refractivity contribution is 0.0741. The molecule has 1 aromatic carbocycles. The van der Waals surface area contributed by atoms with Crippen molar-refractivity contribution >= 4 is 57.0 Å². The van der Waals surface area contributed by atoms with E-state index in [0.717, 1.165) is 18.4 Å². The highest BCUT2D eigenvalue weighted by Crippen LogP contribution is 2.31. The molecule has 4 aromatic rings. The summed E-state index contributed by atoms with van der Waals surface area (Å²) in [6.07, 6.45) is 3.31. The van der Waals surface area contributed by atoms with Gasteiger partial charge in [-0.05, 0) is 44.0 Å².